The quantitative estimate of drug-likeness (QED) is 0.508. The van der Waals surface area contributed by atoms with Crippen molar-refractivity contribution in [3.63, 3.8) is 0 Å². The molecule has 0 bridgehead atoms. The minimum absolute atomic E-state index is 0.444. The first-order valence-corrected chi connectivity index (χ1v) is 6.74. The van der Waals surface area contributed by atoms with Crippen molar-refractivity contribution in [1.29, 1.82) is 0 Å². The summed E-state index contributed by atoms with van der Waals surface area (Å²) in [5.74, 6) is 0. The Hall–Kier alpha value is -0.410. The first-order valence-electron chi connectivity index (χ1n) is 6.74. The topological polar surface area (TPSA) is 46.3 Å². The number of aldehydes is 1. The molecule has 1 aliphatic rings. The Morgan fingerprint density at radius 1 is 1.06 bits per heavy atom. The Balaban J connectivity index is 1.85. The van der Waals surface area contributed by atoms with Gasteiger partial charge in [0.15, 0.2) is 0 Å². The van der Waals surface area contributed by atoms with Crippen molar-refractivity contribution in [3.05, 3.63) is 0 Å². The van der Waals surface area contributed by atoms with E-state index < -0.39 is 0 Å². The number of carbonyl (C=O) groups excluding carboxylic acids is 1. The van der Waals surface area contributed by atoms with Crippen LogP contribution >= 0.6 is 0 Å². The second kappa shape index (κ2) is 8.71. The second-order valence-corrected chi connectivity index (χ2v) is 4.90. The smallest absolute Gasteiger partial charge is 0.119 e. The van der Waals surface area contributed by atoms with Gasteiger partial charge in [-0.05, 0) is 45.3 Å². The molecule has 0 atom stereocenters. The zero-order valence-corrected chi connectivity index (χ0v) is 10.4. The molecular formula is C13H26N2O. The predicted octanol–water partition coefficient (Wildman–Crippen LogP) is 1.95. The van der Waals surface area contributed by atoms with Crippen LogP contribution < -0.4 is 5.73 Å². The van der Waals surface area contributed by atoms with Gasteiger partial charge >= 0.3 is 0 Å². The Kier molecular flexibility index (Phi) is 7.43. The number of likely N-dealkylation sites (tertiary alicyclic amines) is 1. The summed E-state index contributed by atoms with van der Waals surface area (Å²) in [6.45, 7) is 3.61. The number of nitrogens with zero attached hydrogens (tertiary/aromatic N) is 1. The highest BCUT2D eigenvalue weighted by Crippen LogP contribution is 2.10. The minimum Gasteiger partial charge on any atom is -0.328 e. The highest BCUT2D eigenvalue weighted by molar-refractivity contribution is 5.48. The van der Waals surface area contributed by atoms with E-state index in [2.05, 4.69) is 4.90 Å². The molecule has 0 radical (unpaired) electrons. The van der Waals surface area contributed by atoms with E-state index in [-0.39, 0.29) is 0 Å². The van der Waals surface area contributed by atoms with Gasteiger partial charge in [0.2, 0.25) is 0 Å². The highest BCUT2D eigenvalue weighted by atomic mass is 16.1. The minimum atomic E-state index is 0.444. The number of carbonyl (C=O) groups is 1. The molecular weight excluding hydrogens is 200 g/mol. The standard InChI is InChI=1S/C13H26N2O/c14-13-7-10-15(11-8-13)9-5-3-1-2-4-6-12-16/h12-13H,1-11,14H2. The lowest BCUT2D eigenvalue weighted by Gasteiger charge is -2.29. The maximum Gasteiger partial charge on any atom is 0.119 e. The second-order valence-electron chi connectivity index (χ2n) is 4.90. The van der Waals surface area contributed by atoms with E-state index in [1.165, 1.54) is 58.2 Å². The number of nitrogens with two attached hydrogens (primary N) is 1. The molecule has 1 aliphatic heterocycles. The third-order valence-electron chi connectivity index (χ3n) is 3.43. The van der Waals surface area contributed by atoms with Crippen LogP contribution in [0.3, 0.4) is 0 Å². The molecule has 0 aromatic heterocycles. The number of unbranched alkanes of at least 4 members (excludes halogenated alkanes) is 5. The zero-order chi connectivity index (χ0) is 11.6. The van der Waals surface area contributed by atoms with Gasteiger partial charge in [-0.1, -0.05) is 19.3 Å². The van der Waals surface area contributed by atoms with Crippen LogP contribution in [-0.4, -0.2) is 36.9 Å². The fraction of sp³-hybridized carbons (Fsp3) is 0.923. The molecule has 0 aromatic carbocycles. The molecule has 0 spiro atoms. The van der Waals surface area contributed by atoms with E-state index in [0.717, 1.165) is 19.1 Å². The van der Waals surface area contributed by atoms with Crippen LogP contribution in [0.5, 0.6) is 0 Å². The maximum atomic E-state index is 10.1. The van der Waals surface area contributed by atoms with Gasteiger partial charge in [-0.25, -0.2) is 0 Å². The van der Waals surface area contributed by atoms with Gasteiger partial charge in [0.25, 0.3) is 0 Å². The van der Waals surface area contributed by atoms with E-state index >= 15 is 0 Å². The van der Waals surface area contributed by atoms with Crippen molar-refractivity contribution in [2.24, 2.45) is 5.73 Å². The van der Waals surface area contributed by atoms with Crippen LogP contribution in [0.1, 0.15) is 51.4 Å². The maximum absolute atomic E-state index is 10.1. The van der Waals surface area contributed by atoms with Crippen LogP contribution in [0, 0.1) is 0 Å². The third-order valence-corrected chi connectivity index (χ3v) is 3.43. The molecule has 16 heavy (non-hydrogen) atoms. The van der Waals surface area contributed by atoms with Gasteiger partial charge in [-0.2, -0.15) is 0 Å². The molecule has 0 aliphatic carbocycles. The molecule has 1 fully saturated rings. The van der Waals surface area contributed by atoms with E-state index in [1.54, 1.807) is 0 Å². The number of rotatable bonds is 8. The SMILES string of the molecule is NC1CCN(CCCCCCCC=O)CC1. The molecule has 3 heteroatoms. The summed E-state index contributed by atoms with van der Waals surface area (Å²) in [4.78, 5) is 12.6. The van der Waals surface area contributed by atoms with Crippen molar-refractivity contribution < 1.29 is 4.79 Å². The predicted molar refractivity (Wildman–Crippen MR) is 67.4 cm³/mol. The van der Waals surface area contributed by atoms with E-state index in [4.69, 9.17) is 5.73 Å². The van der Waals surface area contributed by atoms with Crippen molar-refractivity contribution in [1.82, 2.24) is 4.90 Å². The van der Waals surface area contributed by atoms with Crippen molar-refractivity contribution in [2.45, 2.75) is 57.4 Å². The van der Waals surface area contributed by atoms with Crippen LogP contribution in [0.2, 0.25) is 0 Å². The van der Waals surface area contributed by atoms with Crippen molar-refractivity contribution >= 4 is 6.29 Å². The van der Waals surface area contributed by atoms with Crippen LogP contribution in [0.25, 0.3) is 0 Å². The highest BCUT2D eigenvalue weighted by Gasteiger charge is 2.14. The lowest BCUT2D eigenvalue weighted by molar-refractivity contribution is -0.107. The summed E-state index contributed by atoms with van der Waals surface area (Å²) in [5, 5.41) is 0. The lowest BCUT2D eigenvalue weighted by Crippen LogP contribution is -2.39. The van der Waals surface area contributed by atoms with Gasteiger partial charge in [-0.15, -0.1) is 0 Å². The first kappa shape index (κ1) is 13.7. The molecule has 0 aromatic rings. The van der Waals surface area contributed by atoms with E-state index in [1.807, 2.05) is 0 Å². The fourth-order valence-electron chi connectivity index (χ4n) is 2.27. The number of hydrogen-bond donors (Lipinski definition) is 1. The molecule has 1 saturated heterocycles. The van der Waals surface area contributed by atoms with Crippen LogP contribution in [0.15, 0.2) is 0 Å². The number of piperidine rings is 1. The van der Waals surface area contributed by atoms with Gasteiger partial charge in [-0.3, -0.25) is 0 Å². The molecule has 1 heterocycles. The van der Waals surface area contributed by atoms with Gasteiger partial charge in [0.1, 0.15) is 6.29 Å². The normalized spacial score (nSPS) is 18.8. The van der Waals surface area contributed by atoms with Gasteiger partial charge in [0.05, 0.1) is 0 Å². The monoisotopic (exact) mass is 226 g/mol. The summed E-state index contributed by atoms with van der Waals surface area (Å²) in [6.07, 6.45) is 10.3. The molecule has 0 unspecified atom stereocenters. The third kappa shape index (κ3) is 6.23. The zero-order valence-electron chi connectivity index (χ0n) is 10.4. The Bertz CT molecular complexity index is 177. The summed E-state index contributed by atoms with van der Waals surface area (Å²) >= 11 is 0. The van der Waals surface area contributed by atoms with Crippen LogP contribution in [-0.2, 0) is 4.79 Å². The fourth-order valence-corrected chi connectivity index (χ4v) is 2.27. The molecule has 0 saturated carbocycles. The Morgan fingerprint density at radius 3 is 2.38 bits per heavy atom. The molecule has 3 nitrogen and oxygen atoms in total. The van der Waals surface area contributed by atoms with Crippen molar-refractivity contribution in [2.75, 3.05) is 19.6 Å². The Labute approximate surface area is 99.4 Å². The van der Waals surface area contributed by atoms with Crippen molar-refractivity contribution in [3.8, 4) is 0 Å². The molecule has 0 amide bonds. The summed E-state index contributed by atoms with van der Waals surface area (Å²) in [6, 6.07) is 0.444. The largest absolute Gasteiger partial charge is 0.328 e. The average Bonchev–Trinajstić information content (AvgIpc) is 2.30. The van der Waals surface area contributed by atoms with E-state index in [0.29, 0.717) is 6.04 Å². The van der Waals surface area contributed by atoms with E-state index in [9.17, 15) is 4.79 Å². The summed E-state index contributed by atoms with van der Waals surface area (Å²) in [5.41, 5.74) is 5.86. The molecule has 1 rings (SSSR count). The molecule has 2 N–H and O–H groups in total. The van der Waals surface area contributed by atoms with Gasteiger partial charge < -0.3 is 15.4 Å². The Morgan fingerprint density at radius 2 is 1.69 bits per heavy atom. The van der Waals surface area contributed by atoms with Gasteiger partial charge in [0, 0.05) is 12.5 Å². The molecule has 94 valence electrons. The van der Waals surface area contributed by atoms with Crippen LogP contribution in [0.4, 0.5) is 0 Å². The number of hydrogen-bond acceptors (Lipinski definition) is 3. The summed E-state index contributed by atoms with van der Waals surface area (Å²) in [7, 11) is 0. The summed E-state index contributed by atoms with van der Waals surface area (Å²) < 4.78 is 0. The lowest BCUT2D eigenvalue weighted by atomic mass is 10.1. The average molecular weight is 226 g/mol. The first-order chi connectivity index (χ1) is 7.83.